The molecule has 1 atom stereocenters. The van der Waals surface area contributed by atoms with Gasteiger partial charge in [-0.1, -0.05) is 0 Å². The Balaban J connectivity index is 2.35. The normalized spacial score (nSPS) is 20.2. The second-order valence-corrected chi connectivity index (χ2v) is 6.78. The molecule has 0 aromatic rings. The Morgan fingerprint density at radius 1 is 1.47 bits per heavy atom. The smallest absolute Gasteiger partial charge is 0.222 e. The molecule has 0 aliphatic carbocycles. The molecule has 1 aliphatic heterocycles. The van der Waals surface area contributed by atoms with E-state index in [1.54, 1.807) is 0 Å². The van der Waals surface area contributed by atoms with E-state index in [1.807, 2.05) is 0 Å². The summed E-state index contributed by atoms with van der Waals surface area (Å²) in [7, 11) is -1.60. The zero-order valence-corrected chi connectivity index (χ0v) is 12.3. The fourth-order valence-electron chi connectivity index (χ4n) is 2.09. The third kappa shape index (κ3) is 5.43. The molecule has 7 nitrogen and oxygen atoms in total. The molecule has 0 aromatic carbocycles. The van der Waals surface area contributed by atoms with Crippen molar-refractivity contribution in [3.63, 3.8) is 0 Å². The van der Waals surface area contributed by atoms with Gasteiger partial charge in [-0.05, 0) is 12.8 Å². The summed E-state index contributed by atoms with van der Waals surface area (Å²) in [5, 5.41) is 2.89. The number of hydrogen-bond acceptors (Lipinski definition) is 5. The Hall–Kier alpha value is -0.700. The van der Waals surface area contributed by atoms with Crippen LogP contribution in [-0.2, 0) is 19.6 Å². The first-order valence-electron chi connectivity index (χ1n) is 6.34. The molecular weight excluding hydrogens is 270 g/mol. The Morgan fingerprint density at radius 2 is 2.05 bits per heavy atom. The van der Waals surface area contributed by atoms with Crippen LogP contribution >= 0.6 is 0 Å². The summed E-state index contributed by atoms with van der Waals surface area (Å²) in [6, 6.07) is 0.0285. The predicted octanol–water partition coefficient (Wildman–Crippen LogP) is -1.11. The first kappa shape index (κ1) is 16.4. The molecule has 0 saturated carbocycles. The molecule has 112 valence electrons. The van der Waals surface area contributed by atoms with Crippen LogP contribution in [0, 0.1) is 0 Å². The molecule has 1 saturated heterocycles. The summed E-state index contributed by atoms with van der Waals surface area (Å²) in [4.78, 5) is 11.7. The molecule has 3 N–H and O–H groups in total. The van der Waals surface area contributed by atoms with Gasteiger partial charge in [0.2, 0.25) is 15.9 Å². The van der Waals surface area contributed by atoms with E-state index in [9.17, 15) is 13.2 Å². The minimum absolute atomic E-state index is 0.0285. The molecule has 1 fully saturated rings. The van der Waals surface area contributed by atoms with Gasteiger partial charge in [0.05, 0.1) is 18.8 Å². The number of carbonyl (C=O) groups is 1. The standard InChI is InChI=1S/C11H23N3O4S/c1-18-10(8-12)7-11(15)13-9-3-5-14(6-4-9)19(2,16)17/h9-10H,3-8,12H2,1-2H3,(H,13,15). The molecule has 19 heavy (non-hydrogen) atoms. The van der Waals surface area contributed by atoms with Crippen LogP contribution < -0.4 is 11.1 Å². The summed E-state index contributed by atoms with van der Waals surface area (Å²) >= 11 is 0. The number of piperidine rings is 1. The number of hydrogen-bond donors (Lipinski definition) is 2. The number of nitrogens with one attached hydrogen (secondary N) is 1. The van der Waals surface area contributed by atoms with Crippen LogP contribution in [0.2, 0.25) is 0 Å². The van der Waals surface area contributed by atoms with Crippen molar-refractivity contribution < 1.29 is 17.9 Å². The van der Waals surface area contributed by atoms with E-state index in [0.29, 0.717) is 32.5 Å². The van der Waals surface area contributed by atoms with Crippen LogP contribution in [0.3, 0.4) is 0 Å². The highest BCUT2D eigenvalue weighted by molar-refractivity contribution is 7.88. The van der Waals surface area contributed by atoms with Crippen LogP contribution in [-0.4, -0.2) is 63.8 Å². The third-order valence-electron chi connectivity index (χ3n) is 3.30. The van der Waals surface area contributed by atoms with Crippen molar-refractivity contribution in [1.82, 2.24) is 9.62 Å². The van der Waals surface area contributed by atoms with Gasteiger partial charge < -0.3 is 15.8 Å². The van der Waals surface area contributed by atoms with Crippen molar-refractivity contribution in [2.24, 2.45) is 5.73 Å². The molecular formula is C11H23N3O4S. The molecule has 1 aliphatic rings. The van der Waals surface area contributed by atoms with Crippen LogP contribution in [0.1, 0.15) is 19.3 Å². The SMILES string of the molecule is COC(CN)CC(=O)NC1CCN(S(C)(=O)=O)CC1. The lowest BCUT2D eigenvalue weighted by molar-refractivity contribution is -0.124. The lowest BCUT2D eigenvalue weighted by atomic mass is 10.1. The largest absolute Gasteiger partial charge is 0.380 e. The van der Waals surface area contributed by atoms with Crippen molar-refractivity contribution in [2.45, 2.75) is 31.4 Å². The highest BCUT2D eigenvalue weighted by Gasteiger charge is 2.26. The number of carbonyl (C=O) groups excluding carboxylic acids is 1. The van der Waals surface area contributed by atoms with Crippen LogP contribution in [0.15, 0.2) is 0 Å². The Morgan fingerprint density at radius 3 is 2.47 bits per heavy atom. The predicted molar refractivity (Wildman–Crippen MR) is 72.0 cm³/mol. The minimum Gasteiger partial charge on any atom is -0.380 e. The molecule has 0 bridgehead atoms. The van der Waals surface area contributed by atoms with Crippen molar-refractivity contribution in [3.05, 3.63) is 0 Å². The Bertz CT molecular complexity index is 387. The van der Waals surface area contributed by atoms with Crippen molar-refractivity contribution in [3.8, 4) is 0 Å². The second-order valence-electron chi connectivity index (χ2n) is 4.80. The summed E-state index contributed by atoms with van der Waals surface area (Å²) in [5.41, 5.74) is 5.45. The lowest BCUT2D eigenvalue weighted by Gasteiger charge is -2.30. The number of sulfonamides is 1. The maximum atomic E-state index is 11.7. The number of nitrogens with zero attached hydrogens (tertiary/aromatic N) is 1. The topological polar surface area (TPSA) is 102 Å². The van der Waals surface area contributed by atoms with E-state index in [2.05, 4.69) is 5.32 Å². The minimum atomic E-state index is -3.12. The molecule has 1 rings (SSSR count). The molecule has 0 radical (unpaired) electrons. The monoisotopic (exact) mass is 293 g/mol. The average molecular weight is 293 g/mol. The van der Waals surface area contributed by atoms with Crippen molar-refractivity contribution >= 4 is 15.9 Å². The van der Waals surface area contributed by atoms with Gasteiger partial charge >= 0.3 is 0 Å². The van der Waals surface area contributed by atoms with Crippen LogP contribution in [0.25, 0.3) is 0 Å². The van der Waals surface area contributed by atoms with Gasteiger partial charge in [-0.2, -0.15) is 0 Å². The van der Waals surface area contributed by atoms with Gasteiger partial charge in [-0.25, -0.2) is 12.7 Å². The summed E-state index contributed by atoms with van der Waals surface area (Å²) in [5.74, 6) is -0.102. The second kappa shape index (κ2) is 7.18. The van der Waals surface area contributed by atoms with E-state index in [0.717, 1.165) is 0 Å². The van der Waals surface area contributed by atoms with Crippen molar-refractivity contribution in [1.29, 1.82) is 0 Å². The first-order valence-corrected chi connectivity index (χ1v) is 8.19. The van der Waals surface area contributed by atoms with E-state index in [-0.39, 0.29) is 24.5 Å². The molecule has 1 heterocycles. The van der Waals surface area contributed by atoms with Crippen LogP contribution in [0.4, 0.5) is 0 Å². The van der Waals surface area contributed by atoms with Gasteiger partial charge in [-0.3, -0.25) is 4.79 Å². The molecule has 0 spiro atoms. The Kier molecular flexibility index (Phi) is 6.18. The zero-order chi connectivity index (χ0) is 14.5. The summed E-state index contributed by atoms with van der Waals surface area (Å²) in [6.07, 6.45) is 2.45. The van der Waals surface area contributed by atoms with E-state index in [1.165, 1.54) is 17.7 Å². The van der Waals surface area contributed by atoms with E-state index in [4.69, 9.17) is 10.5 Å². The van der Waals surface area contributed by atoms with Gasteiger partial charge in [-0.15, -0.1) is 0 Å². The van der Waals surface area contributed by atoms with Gasteiger partial charge in [0, 0.05) is 32.8 Å². The fraction of sp³-hybridized carbons (Fsp3) is 0.909. The Labute approximate surface area is 114 Å². The van der Waals surface area contributed by atoms with Crippen LogP contribution in [0.5, 0.6) is 0 Å². The van der Waals surface area contributed by atoms with E-state index < -0.39 is 10.0 Å². The maximum absolute atomic E-state index is 11.7. The fourth-order valence-corrected chi connectivity index (χ4v) is 2.96. The van der Waals surface area contributed by atoms with E-state index >= 15 is 0 Å². The highest BCUT2D eigenvalue weighted by Crippen LogP contribution is 2.13. The third-order valence-corrected chi connectivity index (χ3v) is 4.60. The number of rotatable bonds is 6. The van der Waals surface area contributed by atoms with Crippen molar-refractivity contribution in [2.75, 3.05) is 33.0 Å². The molecule has 1 amide bonds. The first-order chi connectivity index (χ1) is 8.86. The molecule has 1 unspecified atom stereocenters. The summed E-state index contributed by atoms with van der Waals surface area (Å²) in [6.45, 7) is 1.21. The highest BCUT2D eigenvalue weighted by atomic mass is 32.2. The lowest BCUT2D eigenvalue weighted by Crippen LogP contribution is -2.47. The summed E-state index contributed by atoms with van der Waals surface area (Å²) < 4.78 is 29.2. The van der Waals surface area contributed by atoms with Gasteiger partial charge in [0.15, 0.2) is 0 Å². The molecule has 0 aromatic heterocycles. The number of nitrogens with two attached hydrogens (primary N) is 1. The average Bonchev–Trinajstić information content (AvgIpc) is 2.35. The molecule has 8 heteroatoms. The van der Waals surface area contributed by atoms with Gasteiger partial charge in [0.25, 0.3) is 0 Å². The number of ether oxygens (including phenoxy) is 1. The van der Waals surface area contributed by atoms with Gasteiger partial charge in [0.1, 0.15) is 0 Å². The zero-order valence-electron chi connectivity index (χ0n) is 11.5. The maximum Gasteiger partial charge on any atom is 0.222 e. The quantitative estimate of drug-likeness (QED) is 0.646. The number of methoxy groups -OCH3 is 1. The number of amides is 1.